The Hall–Kier alpha value is -0.520. The summed E-state index contributed by atoms with van der Waals surface area (Å²) in [6.07, 6.45) is -2.57. The van der Waals surface area contributed by atoms with Crippen molar-refractivity contribution in [2.24, 2.45) is 7.05 Å². The molecule has 0 unspecified atom stereocenters. The van der Waals surface area contributed by atoms with Gasteiger partial charge in [-0.05, 0) is 15.9 Å². The Morgan fingerprint density at radius 1 is 1.50 bits per heavy atom. The monoisotopic (exact) mass is 211 g/mol. The third-order valence-electron chi connectivity index (χ3n) is 0.903. The van der Waals surface area contributed by atoms with Crippen LogP contribution in [0.5, 0.6) is 0 Å². The van der Waals surface area contributed by atoms with Crippen molar-refractivity contribution in [2.45, 2.75) is 6.43 Å². The zero-order chi connectivity index (χ0) is 7.72. The summed E-state index contributed by atoms with van der Waals surface area (Å²) in [5.41, 5.74) is -0.317. The molecule has 10 heavy (non-hydrogen) atoms. The summed E-state index contributed by atoms with van der Waals surface area (Å²) in [5, 5.41) is 6.99. The fourth-order valence-electron chi connectivity index (χ4n) is 0.532. The number of nitrogens with zero attached hydrogens (tertiary/aromatic N) is 3. The van der Waals surface area contributed by atoms with Crippen LogP contribution in [-0.4, -0.2) is 15.0 Å². The molecule has 0 bridgehead atoms. The van der Waals surface area contributed by atoms with Crippen molar-refractivity contribution in [3.8, 4) is 0 Å². The lowest BCUT2D eigenvalue weighted by atomic mass is 10.5. The number of alkyl halides is 2. The molecule has 0 atom stereocenters. The zero-order valence-electron chi connectivity index (χ0n) is 5.05. The lowest BCUT2D eigenvalue weighted by molar-refractivity contribution is 0.144. The Morgan fingerprint density at radius 2 is 2.10 bits per heavy atom. The van der Waals surface area contributed by atoms with Gasteiger partial charge in [-0.1, -0.05) is 0 Å². The SMILES string of the molecule is Cn1nc(Br)c(C(F)F)n1. The minimum absolute atomic E-state index is 0.102. The van der Waals surface area contributed by atoms with Crippen LogP contribution >= 0.6 is 15.9 Å². The topological polar surface area (TPSA) is 30.7 Å². The van der Waals surface area contributed by atoms with E-state index in [0.29, 0.717) is 0 Å². The first-order valence-electron chi connectivity index (χ1n) is 2.46. The second-order valence-corrected chi connectivity index (χ2v) is 2.42. The van der Waals surface area contributed by atoms with Gasteiger partial charge in [-0.2, -0.15) is 9.90 Å². The molecule has 6 heteroatoms. The van der Waals surface area contributed by atoms with E-state index in [2.05, 4.69) is 26.1 Å². The molecule has 0 fully saturated rings. The molecule has 1 aromatic rings. The molecule has 0 amide bonds. The van der Waals surface area contributed by atoms with Crippen molar-refractivity contribution in [1.82, 2.24) is 15.0 Å². The van der Waals surface area contributed by atoms with E-state index in [0.717, 1.165) is 4.80 Å². The van der Waals surface area contributed by atoms with E-state index in [1.54, 1.807) is 0 Å². The van der Waals surface area contributed by atoms with Gasteiger partial charge >= 0.3 is 0 Å². The fourth-order valence-corrected chi connectivity index (χ4v) is 1.01. The minimum atomic E-state index is -2.57. The van der Waals surface area contributed by atoms with Crippen molar-refractivity contribution in [2.75, 3.05) is 0 Å². The van der Waals surface area contributed by atoms with E-state index in [1.165, 1.54) is 7.05 Å². The van der Waals surface area contributed by atoms with Crippen molar-refractivity contribution in [1.29, 1.82) is 0 Å². The van der Waals surface area contributed by atoms with Crippen LogP contribution in [-0.2, 0) is 7.05 Å². The van der Waals surface area contributed by atoms with E-state index < -0.39 is 6.43 Å². The highest BCUT2D eigenvalue weighted by molar-refractivity contribution is 9.10. The standard InChI is InChI=1S/C4H4BrF2N3/c1-10-8-2(4(6)7)3(5)9-10/h4H,1H3. The highest BCUT2D eigenvalue weighted by atomic mass is 79.9. The molecule has 1 aromatic heterocycles. The predicted octanol–water partition coefficient (Wildman–Crippen LogP) is 1.52. The Labute approximate surface area is 64.2 Å². The van der Waals surface area contributed by atoms with E-state index in [4.69, 9.17) is 0 Å². The van der Waals surface area contributed by atoms with Gasteiger partial charge in [0.25, 0.3) is 6.43 Å². The largest absolute Gasteiger partial charge is 0.284 e. The maximum absolute atomic E-state index is 11.9. The third-order valence-corrected chi connectivity index (χ3v) is 1.47. The lowest BCUT2D eigenvalue weighted by Crippen LogP contribution is -1.93. The average Bonchev–Trinajstić information content (AvgIpc) is 2.10. The second kappa shape index (κ2) is 2.61. The lowest BCUT2D eigenvalue weighted by Gasteiger charge is -1.88. The molecule has 0 aromatic carbocycles. The van der Waals surface area contributed by atoms with Crippen molar-refractivity contribution in [3.63, 3.8) is 0 Å². The van der Waals surface area contributed by atoms with E-state index in [-0.39, 0.29) is 10.3 Å². The Balaban J connectivity index is 3.03. The van der Waals surface area contributed by atoms with Gasteiger partial charge in [0.1, 0.15) is 0 Å². The number of halogens is 3. The molecule has 0 aliphatic heterocycles. The van der Waals surface area contributed by atoms with Crippen molar-refractivity contribution in [3.05, 3.63) is 10.3 Å². The molecule has 0 saturated carbocycles. The summed E-state index contributed by atoms with van der Waals surface area (Å²) in [6.45, 7) is 0. The van der Waals surface area contributed by atoms with E-state index >= 15 is 0 Å². The van der Waals surface area contributed by atoms with Gasteiger partial charge in [0.05, 0.1) is 0 Å². The van der Waals surface area contributed by atoms with Gasteiger partial charge in [-0.25, -0.2) is 8.78 Å². The summed E-state index contributed by atoms with van der Waals surface area (Å²) in [7, 11) is 1.48. The molecule has 0 radical (unpaired) electrons. The maximum Gasteiger partial charge on any atom is 0.284 e. The number of hydrogen-bond acceptors (Lipinski definition) is 2. The summed E-state index contributed by atoms with van der Waals surface area (Å²) in [5.74, 6) is 0. The van der Waals surface area contributed by atoms with Gasteiger partial charge in [0, 0.05) is 7.05 Å². The minimum Gasteiger partial charge on any atom is -0.203 e. The molecule has 3 nitrogen and oxygen atoms in total. The third kappa shape index (κ3) is 1.31. The Bertz CT molecular complexity index is 234. The van der Waals surface area contributed by atoms with Gasteiger partial charge in [0.15, 0.2) is 10.3 Å². The molecular formula is C4H4BrF2N3. The summed E-state index contributed by atoms with van der Waals surface area (Å²) < 4.78 is 23.9. The molecule has 0 spiro atoms. The second-order valence-electron chi connectivity index (χ2n) is 1.67. The summed E-state index contributed by atoms with van der Waals surface area (Å²) in [4.78, 5) is 1.09. The van der Waals surface area contributed by atoms with Gasteiger partial charge in [-0.15, -0.1) is 5.10 Å². The Kier molecular flexibility index (Phi) is 1.98. The predicted molar refractivity (Wildman–Crippen MR) is 33.7 cm³/mol. The van der Waals surface area contributed by atoms with Crippen LogP contribution in [0.4, 0.5) is 8.78 Å². The molecule has 0 aliphatic rings. The molecule has 0 N–H and O–H groups in total. The number of hydrogen-bond donors (Lipinski definition) is 0. The maximum atomic E-state index is 11.9. The van der Waals surface area contributed by atoms with Crippen LogP contribution in [0, 0.1) is 0 Å². The number of aromatic nitrogens is 3. The zero-order valence-corrected chi connectivity index (χ0v) is 6.64. The van der Waals surface area contributed by atoms with Crippen LogP contribution in [0.25, 0.3) is 0 Å². The first-order chi connectivity index (χ1) is 4.61. The van der Waals surface area contributed by atoms with Crippen LogP contribution in [0.2, 0.25) is 0 Å². The van der Waals surface area contributed by atoms with Gasteiger partial charge < -0.3 is 0 Å². The molecule has 56 valence electrons. The first kappa shape index (κ1) is 7.59. The number of aryl methyl sites for hydroxylation is 1. The molecule has 1 rings (SSSR count). The van der Waals surface area contributed by atoms with Crippen molar-refractivity contribution >= 4 is 15.9 Å². The van der Waals surface area contributed by atoms with Gasteiger partial charge in [0.2, 0.25) is 0 Å². The van der Waals surface area contributed by atoms with E-state index in [1.807, 2.05) is 0 Å². The number of rotatable bonds is 1. The fraction of sp³-hybridized carbons (Fsp3) is 0.500. The quantitative estimate of drug-likeness (QED) is 0.706. The molecular weight excluding hydrogens is 208 g/mol. The Morgan fingerprint density at radius 3 is 2.30 bits per heavy atom. The highest BCUT2D eigenvalue weighted by Gasteiger charge is 2.16. The van der Waals surface area contributed by atoms with Crippen LogP contribution < -0.4 is 0 Å². The van der Waals surface area contributed by atoms with Crippen molar-refractivity contribution < 1.29 is 8.78 Å². The molecule has 0 aliphatic carbocycles. The highest BCUT2D eigenvalue weighted by Crippen LogP contribution is 2.22. The van der Waals surface area contributed by atoms with Crippen LogP contribution in [0.3, 0.4) is 0 Å². The molecule has 0 saturated heterocycles. The average molecular weight is 212 g/mol. The normalized spacial score (nSPS) is 10.9. The van der Waals surface area contributed by atoms with Gasteiger partial charge in [-0.3, -0.25) is 0 Å². The smallest absolute Gasteiger partial charge is 0.203 e. The van der Waals surface area contributed by atoms with E-state index in [9.17, 15) is 8.78 Å². The first-order valence-corrected chi connectivity index (χ1v) is 3.25. The van der Waals surface area contributed by atoms with Crippen LogP contribution in [0.1, 0.15) is 12.1 Å². The summed E-state index contributed by atoms with van der Waals surface area (Å²) >= 11 is 2.84. The van der Waals surface area contributed by atoms with Crippen LogP contribution in [0.15, 0.2) is 4.60 Å². The molecule has 1 heterocycles. The summed E-state index contributed by atoms with van der Waals surface area (Å²) in [6, 6.07) is 0.